The van der Waals surface area contributed by atoms with E-state index in [0.717, 1.165) is 77.2 Å². The van der Waals surface area contributed by atoms with Crippen molar-refractivity contribution in [3.05, 3.63) is 30.3 Å². The van der Waals surface area contributed by atoms with Gasteiger partial charge < -0.3 is 19.7 Å². The second kappa shape index (κ2) is 10.7. The molecular formula is C22H36N4O2. The Hall–Kier alpha value is -1.79. The molecule has 0 amide bonds. The van der Waals surface area contributed by atoms with Gasteiger partial charge in [-0.1, -0.05) is 18.2 Å². The molecule has 1 heterocycles. The molecule has 0 aromatic heterocycles. The first-order valence-electron chi connectivity index (χ1n) is 10.7. The third-order valence-corrected chi connectivity index (χ3v) is 5.86. The first-order chi connectivity index (χ1) is 13.7. The second-order valence-electron chi connectivity index (χ2n) is 7.84. The van der Waals surface area contributed by atoms with Crippen molar-refractivity contribution in [1.82, 2.24) is 15.1 Å². The van der Waals surface area contributed by atoms with E-state index < -0.39 is 0 Å². The Morgan fingerprint density at radius 3 is 2.50 bits per heavy atom. The molecule has 156 valence electrons. The molecule has 1 aliphatic carbocycles. The lowest BCUT2D eigenvalue weighted by Gasteiger charge is -2.36. The summed E-state index contributed by atoms with van der Waals surface area (Å²) in [5, 5.41) is 3.63. The highest BCUT2D eigenvalue weighted by atomic mass is 16.5. The first-order valence-corrected chi connectivity index (χ1v) is 10.7. The number of para-hydroxylation sites is 1. The number of hydrogen-bond donors (Lipinski definition) is 1. The number of ether oxygens (including phenoxy) is 2. The van der Waals surface area contributed by atoms with E-state index in [1.165, 1.54) is 12.8 Å². The third-order valence-electron chi connectivity index (χ3n) is 5.86. The van der Waals surface area contributed by atoms with E-state index in [1.54, 1.807) is 0 Å². The van der Waals surface area contributed by atoms with Crippen LogP contribution in [0.15, 0.2) is 35.3 Å². The first kappa shape index (κ1) is 20.9. The third kappa shape index (κ3) is 6.38. The Labute approximate surface area is 169 Å². The van der Waals surface area contributed by atoms with Crippen LogP contribution in [0, 0.1) is 5.41 Å². The highest BCUT2D eigenvalue weighted by Gasteiger charge is 2.42. The lowest BCUT2D eigenvalue weighted by atomic mass is 10.0. The van der Waals surface area contributed by atoms with Gasteiger partial charge in [0.25, 0.3) is 0 Å². The smallest absolute Gasteiger partial charge is 0.193 e. The molecule has 6 heteroatoms. The van der Waals surface area contributed by atoms with Crippen molar-refractivity contribution < 1.29 is 9.47 Å². The van der Waals surface area contributed by atoms with Gasteiger partial charge in [-0.3, -0.25) is 9.89 Å². The summed E-state index contributed by atoms with van der Waals surface area (Å²) in [5.74, 6) is 1.99. The number of aliphatic imine (C=N–C) groups is 1. The highest BCUT2D eigenvalue weighted by molar-refractivity contribution is 5.80. The molecule has 3 rings (SSSR count). The fourth-order valence-electron chi connectivity index (χ4n) is 3.72. The summed E-state index contributed by atoms with van der Waals surface area (Å²) >= 11 is 0. The van der Waals surface area contributed by atoms with Gasteiger partial charge in [-0.05, 0) is 43.7 Å². The number of rotatable bonds is 10. The number of nitrogens with zero attached hydrogens (tertiary/aromatic N) is 3. The van der Waals surface area contributed by atoms with Crippen LogP contribution in [-0.2, 0) is 4.74 Å². The van der Waals surface area contributed by atoms with Gasteiger partial charge in [0.15, 0.2) is 5.96 Å². The highest BCUT2D eigenvalue weighted by Crippen LogP contribution is 2.48. The second-order valence-corrected chi connectivity index (χ2v) is 7.84. The summed E-state index contributed by atoms with van der Waals surface area (Å²) in [4.78, 5) is 9.37. The van der Waals surface area contributed by atoms with Crippen molar-refractivity contribution in [1.29, 1.82) is 0 Å². The minimum atomic E-state index is 0.432. The fourth-order valence-corrected chi connectivity index (χ4v) is 3.72. The molecule has 2 aliphatic rings. The number of piperazine rings is 1. The quantitative estimate of drug-likeness (QED) is 0.379. The van der Waals surface area contributed by atoms with E-state index in [9.17, 15) is 0 Å². The normalized spacial score (nSPS) is 19.5. The molecule has 0 unspecified atom stereocenters. The molecule has 6 nitrogen and oxygen atoms in total. The molecule has 0 radical (unpaired) electrons. The summed E-state index contributed by atoms with van der Waals surface area (Å²) < 4.78 is 11.4. The van der Waals surface area contributed by atoms with Crippen molar-refractivity contribution in [3.8, 4) is 5.75 Å². The summed E-state index contributed by atoms with van der Waals surface area (Å²) in [5.41, 5.74) is 0.432. The van der Waals surface area contributed by atoms with Crippen LogP contribution in [0.2, 0.25) is 0 Å². The van der Waals surface area contributed by atoms with Crippen LogP contribution in [0.1, 0.15) is 26.2 Å². The van der Waals surface area contributed by atoms with Crippen molar-refractivity contribution in [3.63, 3.8) is 0 Å². The average molecular weight is 389 g/mol. The van der Waals surface area contributed by atoms with Crippen molar-refractivity contribution in [2.75, 3.05) is 66.1 Å². The van der Waals surface area contributed by atoms with Gasteiger partial charge in [0.05, 0.1) is 0 Å². The Kier molecular flexibility index (Phi) is 7.98. The van der Waals surface area contributed by atoms with Gasteiger partial charge in [-0.15, -0.1) is 0 Å². The predicted molar refractivity (Wildman–Crippen MR) is 114 cm³/mol. The van der Waals surface area contributed by atoms with E-state index in [2.05, 4.69) is 27.0 Å². The molecule has 1 saturated heterocycles. The van der Waals surface area contributed by atoms with Gasteiger partial charge in [-0.25, -0.2) is 0 Å². The molecule has 1 saturated carbocycles. The Balaban J connectivity index is 1.34. The van der Waals surface area contributed by atoms with Crippen LogP contribution in [0.5, 0.6) is 5.75 Å². The fraction of sp³-hybridized carbons (Fsp3) is 0.682. The molecule has 0 spiro atoms. The monoisotopic (exact) mass is 388 g/mol. The molecule has 1 aromatic carbocycles. The average Bonchev–Trinajstić information content (AvgIpc) is 3.50. The topological polar surface area (TPSA) is 49.3 Å². The number of nitrogens with one attached hydrogen (secondary N) is 1. The standard InChI is InChI=1S/C22H36N4O2/c1-3-27-17-11-22(9-10-22)19-24-21(23-2)26-14-12-25(13-15-26)16-18-28-20-7-5-4-6-8-20/h4-8H,3,9-19H2,1-2H3,(H,23,24). The molecule has 28 heavy (non-hydrogen) atoms. The maximum Gasteiger partial charge on any atom is 0.193 e. The zero-order valence-electron chi connectivity index (χ0n) is 17.5. The van der Waals surface area contributed by atoms with Crippen molar-refractivity contribution in [2.45, 2.75) is 26.2 Å². The predicted octanol–water partition coefficient (Wildman–Crippen LogP) is 2.47. The SMILES string of the molecule is CCOCCC1(CNC(=NC)N2CCN(CCOc3ccccc3)CC2)CC1. The molecular weight excluding hydrogens is 352 g/mol. The molecule has 0 atom stereocenters. The van der Waals surface area contributed by atoms with E-state index in [0.29, 0.717) is 5.41 Å². The van der Waals surface area contributed by atoms with Crippen LogP contribution >= 0.6 is 0 Å². The summed E-state index contributed by atoms with van der Waals surface area (Å²) in [6.07, 6.45) is 3.76. The van der Waals surface area contributed by atoms with Crippen LogP contribution in [-0.4, -0.2) is 81.9 Å². The van der Waals surface area contributed by atoms with Gasteiger partial charge in [-0.2, -0.15) is 0 Å². The molecule has 0 bridgehead atoms. The van der Waals surface area contributed by atoms with Crippen LogP contribution in [0.3, 0.4) is 0 Å². The summed E-state index contributed by atoms with van der Waals surface area (Å²) in [6, 6.07) is 10.0. The Bertz CT molecular complexity index is 596. The van der Waals surface area contributed by atoms with E-state index >= 15 is 0 Å². The maximum atomic E-state index is 5.83. The van der Waals surface area contributed by atoms with E-state index in [1.807, 2.05) is 37.4 Å². The molecule has 1 aliphatic heterocycles. The summed E-state index contributed by atoms with van der Waals surface area (Å²) in [6.45, 7) is 10.6. The van der Waals surface area contributed by atoms with Crippen LogP contribution in [0.25, 0.3) is 0 Å². The lowest BCUT2D eigenvalue weighted by molar-refractivity contribution is 0.128. The molecule has 1 N–H and O–H groups in total. The molecule has 2 fully saturated rings. The van der Waals surface area contributed by atoms with Crippen LogP contribution in [0.4, 0.5) is 0 Å². The largest absolute Gasteiger partial charge is 0.492 e. The Morgan fingerprint density at radius 1 is 1.11 bits per heavy atom. The van der Waals surface area contributed by atoms with Gasteiger partial charge >= 0.3 is 0 Å². The maximum absolute atomic E-state index is 5.83. The zero-order valence-corrected chi connectivity index (χ0v) is 17.5. The zero-order chi connectivity index (χ0) is 19.7. The van der Waals surface area contributed by atoms with E-state index in [4.69, 9.17) is 9.47 Å². The number of benzene rings is 1. The van der Waals surface area contributed by atoms with E-state index in [-0.39, 0.29) is 0 Å². The minimum absolute atomic E-state index is 0.432. The van der Waals surface area contributed by atoms with Crippen molar-refractivity contribution in [2.24, 2.45) is 10.4 Å². The Morgan fingerprint density at radius 2 is 1.86 bits per heavy atom. The molecule has 1 aromatic rings. The van der Waals surface area contributed by atoms with Crippen molar-refractivity contribution >= 4 is 5.96 Å². The summed E-state index contributed by atoms with van der Waals surface area (Å²) in [7, 11) is 1.89. The minimum Gasteiger partial charge on any atom is -0.492 e. The van der Waals surface area contributed by atoms with Gasteiger partial charge in [0.1, 0.15) is 12.4 Å². The van der Waals surface area contributed by atoms with Gasteiger partial charge in [0.2, 0.25) is 0 Å². The van der Waals surface area contributed by atoms with Gasteiger partial charge in [0, 0.05) is 59.5 Å². The lowest BCUT2D eigenvalue weighted by Crippen LogP contribution is -2.53. The number of guanidine groups is 1. The van der Waals surface area contributed by atoms with Crippen LogP contribution < -0.4 is 10.1 Å². The number of hydrogen-bond acceptors (Lipinski definition) is 4.